The molecule has 0 bridgehead atoms. The van der Waals surface area contributed by atoms with Crippen LogP contribution in [0.25, 0.3) is 5.69 Å². The summed E-state index contributed by atoms with van der Waals surface area (Å²) in [5, 5.41) is 0. The summed E-state index contributed by atoms with van der Waals surface area (Å²) in [5.74, 6) is -0.104. The monoisotopic (exact) mass is 272 g/mol. The highest BCUT2D eigenvalue weighted by atomic mass is 16.5. The van der Waals surface area contributed by atoms with Crippen LogP contribution in [0.5, 0.6) is 0 Å². The van der Waals surface area contributed by atoms with Crippen LogP contribution >= 0.6 is 0 Å². The highest BCUT2D eigenvalue weighted by molar-refractivity contribution is 5.86. The van der Waals surface area contributed by atoms with E-state index in [9.17, 15) is 4.79 Å². The van der Waals surface area contributed by atoms with E-state index in [0.717, 1.165) is 5.69 Å². The topological polar surface area (TPSA) is 44.1 Å². The molecule has 1 aromatic heterocycles. The number of hydrogen-bond acceptors (Lipinski definition) is 3. The molecule has 106 valence electrons. The molecule has 0 saturated carbocycles. The van der Waals surface area contributed by atoms with Crippen molar-refractivity contribution in [1.82, 2.24) is 9.55 Å². The predicted octanol–water partition coefficient (Wildman–Crippen LogP) is 3.35. The normalized spacial score (nSPS) is 11.4. The molecule has 4 heteroatoms. The zero-order valence-electron chi connectivity index (χ0n) is 12.4. The van der Waals surface area contributed by atoms with Crippen molar-refractivity contribution in [1.29, 1.82) is 0 Å². The Labute approximate surface area is 119 Å². The molecule has 0 aliphatic heterocycles. The fraction of sp³-hybridized carbons (Fsp3) is 0.375. The maximum Gasteiger partial charge on any atom is 0.374 e. The second-order valence-electron chi connectivity index (χ2n) is 5.64. The van der Waals surface area contributed by atoms with Crippen LogP contribution in [0.1, 0.15) is 43.9 Å². The first-order valence-electron chi connectivity index (χ1n) is 6.75. The van der Waals surface area contributed by atoms with Crippen molar-refractivity contribution in [2.75, 3.05) is 6.61 Å². The molecule has 0 saturated heterocycles. The highest BCUT2D eigenvalue weighted by Crippen LogP contribution is 2.23. The molecule has 4 nitrogen and oxygen atoms in total. The quantitative estimate of drug-likeness (QED) is 0.805. The van der Waals surface area contributed by atoms with E-state index in [-0.39, 0.29) is 5.41 Å². The molecule has 0 unspecified atom stereocenters. The molecule has 1 heterocycles. The molecular formula is C16H20N2O2. The van der Waals surface area contributed by atoms with Gasteiger partial charge in [0, 0.05) is 18.1 Å². The number of carbonyl (C=O) groups is 1. The number of esters is 1. The second-order valence-corrected chi connectivity index (χ2v) is 5.64. The van der Waals surface area contributed by atoms with Crippen LogP contribution in [0.4, 0.5) is 0 Å². The summed E-state index contributed by atoms with van der Waals surface area (Å²) in [6.45, 7) is 8.63. The smallest absolute Gasteiger partial charge is 0.374 e. The standard InChI is InChI=1S/C16H20N2O2/c1-5-20-15(19)14-17-10-11-18(14)13-8-6-12(7-9-13)16(2,3)4/h6-11H,5H2,1-4H3. The SMILES string of the molecule is CCOC(=O)c1nccn1-c1ccc(C(C)(C)C)cc1. The number of benzene rings is 1. The molecular weight excluding hydrogens is 252 g/mol. The van der Waals surface area contributed by atoms with Crippen LogP contribution in [0.3, 0.4) is 0 Å². The first-order valence-corrected chi connectivity index (χ1v) is 6.75. The van der Waals surface area contributed by atoms with E-state index in [1.54, 1.807) is 23.9 Å². The molecule has 20 heavy (non-hydrogen) atoms. The number of imidazole rings is 1. The minimum atomic E-state index is -0.405. The maximum atomic E-state index is 11.8. The average Bonchev–Trinajstić information content (AvgIpc) is 2.87. The van der Waals surface area contributed by atoms with E-state index in [4.69, 9.17) is 4.74 Å². The summed E-state index contributed by atoms with van der Waals surface area (Å²) >= 11 is 0. The van der Waals surface area contributed by atoms with Gasteiger partial charge in [0.1, 0.15) is 0 Å². The lowest BCUT2D eigenvalue weighted by molar-refractivity contribution is 0.0510. The Morgan fingerprint density at radius 1 is 1.25 bits per heavy atom. The van der Waals surface area contributed by atoms with Gasteiger partial charge in [0.05, 0.1) is 6.61 Å². The number of nitrogens with zero attached hydrogens (tertiary/aromatic N) is 2. The third-order valence-corrected chi connectivity index (χ3v) is 3.11. The van der Waals surface area contributed by atoms with Gasteiger partial charge < -0.3 is 4.74 Å². The van der Waals surface area contributed by atoms with Gasteiger partial charge in [0.2, 0.25) is 5.82 Å². The Balaban J connectivity index is 2.33. The molecule has 2 rings (SSSR count). The molecule has 0 radical (unpaired) electrons. The van der Waals surface area contributed by atoms with E-state index in [2.05, 4.69) is 37.9 Å². The Kier molecular flexibility index (Phi) is 3.93. The van der Waals surface area contributed by atoms with Gasteiger partial charge >= 0.3 is 5.97 Å². The number of ether oxygens (including phenoxy) is 1. The number of carbonyl (C=O) groups excluding carboxylic acids is 1. The summed E-state index contributed by atoms with van der Waals surface area (Å²) in [7, 11) is 0. The molecule has 0 aliphatic carbocycles. The van der Waals surface area contributed by atoms with Gasteiger partial charge in [0.15, 0.2) is 0 Å². The Morgan fingerprint density at radius 3 is 2.45 bits per heavy atom. The summed E-state index contributed by atoms with van der Waals surface area (Å²) in [6, 6.07) is 8.13. The highest BCUT2D eigenvalue weighted by Gasteiger charge is 2.16. The van der Waals surface area contributed by atoms with Crippen molar-refractivity contribution in [2.24, 2.45) is 0 Å². The lowest BCUT2D eigenvalue weighted by Crippen LogP contribution is -2.13. The molecule has 0 atom stereocenters. The van der Waals surface area contributed by atoms with Crippen LogP contribution in [0.15, 0.2) is 36.7 Å². The lowest BCUT2D eigenvalue weighted by atomic mass is 9.87. The number of rotatable bonds is 3. The molecule has 0 spiro atoms. The lowest BCUT2D eigenvalue weighted by Gasteiger charge is -2.19. The van der Waals surface area contributed by atoms with Gasteiger partial charge in [-0.3, -0.25) is 4.57 Å². The summed E-state index contributed by atoms with van der Waals surface area (Å²) < 4.78 is 6.74. The van der Waals surface area contributed by atoms with E-state index in [0.29, 0.717) is 12.4 Å². The van der Waals surface area contributed by atoms with Crippen LogP contribution in [0.2, 0.25) is 0 Å². The fourth-order valence-electron chi connectivity index (χ4n) is 1.98. The van der Waals surface area contributed by atoms with Gasteiger partial charge in [-0.15, -0.1) is 0 Å². The summed E-state index contributed by atoms with van der Waals surface area (Å²) in [6.07, 6.45) is 3.36. The third kappa shape index (κ3) is 2.90. The average molecular weight is 272 g/mol. The minimum absolute atomic E-state index is 0.109. The van der Waals surface area contributed by atoms with Crippen molar-refractivity contribution >= 4 is 5.97 Å². The van der Waals surface area contributed by atoms with Crippen LogP contribution in [-0.4, -0.2) is 22.1 Å². The zero-order valence-corrected chi connectivity index (χ0v) is 12.4. The van der Waals surface area contributed by atoms with Gasteiger partial charge in [-0.25, -0.2) is 9.78 Å². The Morgan fingerprint density at radius 2 is 1.90 bits per heavy atom. The van der Waals surface area contributed by atoms with Crippen molar-refractivity contribution < 1.29 is 9.53 Å². The van der Waals surface area contributed by atoms with Gasteiger partial charge in [0.25, 0.3) is 0 Å². The minimum Gasteiger partial charge on any atom is -0.460 e. The van der Waals surface area contributed by atoms with Crippen molar-refractivity contribution in [3.05, 3.63) is 48.0 Å². The van der Waals surface area contributed by atoms with E-state index in [1.165, 1.54) is 5.56 Å². The first-order chi connectivity index (χ1) is 9.43. The van der Waals surface area contributed by atoms with Gasteiger partial charge in [-0.1, -0.05) is 32.9 Å². The zero-order chi connectivity index (χ0) is 14.8. The number of aromatic nitrogens is 2. The molecule has 2 aromatic rings. The van der Waals surface area contributed by atoms with E-state index in [1.807, 2.05) is 12.1 Å². The van der Waals surface area contributed by atoms with Crippen LogP contribution in [0, 0.1) is 0 Å². The number of hydrogen-bond donors (Lipinski definition) is 0. The molecule has 1 aromatic carbocycles. The van der Waals surface area contributed by atoms with Crippen molar-refractivity contribution in [3.63, 3.8) is 0 Å². The Bertz CT molecular complexity index is 592. The summed E-state index contributed by atoms with van der Waals surface area (Å²) in [5.41, 5.74) is 2.26. The second kappa shape index (κ2) is 5.49. The van der Waals surface area contributed by atoms with E-state index >= 15 is 0 Å². The van der Waals surface area contributed by atoms with E-state index < -0.39 is 5.97 Å². The van der Waals surface area contributed by atoms with Gasteiger partial charge in [-0.2, -0.15) is 0 Å². The van der Waals surface area contributed by atoms with Crippen LogP contribution in [-0.2, 0) is 10.2 Å². The maximum absolute atomic E-state index is 11.8. The Hall–Kier alpha value is -2.10. The first kappa shape index (κ1) is 14.3. The largest absolute Gasteiger partial charge is 0.460 e. The molecule has 0 aliphatic rings. The molecule has 0 N–H and O–H groups in total. The van der Waals surface area contributed by atoms with Crippen molar-refractivity contribution in [2.45, 2.75) is 33.1 Å². The molecule has 0 fully saturated rings. The molecule has 0 amide bonds. The summed E-state index contributed by atoms with van der Waals surface area (Å²) in [4.78, 5) is 15.9. The fourth-order valence-corrected chi connectivity index (χ4v) is 1.98. The van der Waals surface area contributed by atoms with Crippen LogP contribution < -0.4 is 0 Å². The third-order valence-electron chi connectivity index (χ3n) is 3.11. The van der Waals surface area contributed by atoms with Crippen molar-refractivity contribution in [3.8, 4) is 5.69 Å². The van der Waals surface area contributed by atoms with Gasteiger partial charge in [-0.05, 0) is 30.0 Å². The predicted molar refractivity (Wildman–Crippen MR) is 78.2 cm³/mol.